The standard InChI is InChI=1S/C15H14N4O/c1-10-3-5-12(6-4-10)17-15(20)13-9-11(2)19-14(18-13)7-8-16-19/h3-9H,1-2H3,(H,17,20). The van der Waals surface area contributed by atoms with Crippen LogP contribution in [0.25, 0.3) is 5.65 Å². The Morgan fingerprint density at radius 3 is 2.65 bits per heavy atom. The largest absolute Gasteiger partial charge is 0.321 e. The molecule has 3 aromatic rings. The predicted molar refractivity (Wildman–Crippen MR) is 76.9 cm³/mol. The number of amides is 1. The minimum absolute atomic E-state index is 0.222. The Morgan fingerprint density at radius 2 is 1.90 bits per heavy atom. The van der Waals surface area contributed by atoms with Crippen LogP contribution in [0.5, 0.6) is 0 Å². The molecule has 1 amide bonds. The molecule has 0 atom stereocenters. The molecule has 0 aliphatic rings. The number of hydrogen-bond donors (Lipinski definition) is 1. The summed E-state index contributed by atoms with van der Waals surface area (Å²) in [6.45, 7) is 3.90. The highest BCUT2D eigenvalue weighted by molar-refractivity contribution is 6.03. The SMILES string of the molecule is Cc1ccc(NC(=O)c2cc(C)n3nccc3n2)cc1. The fourth-order valence-electron chi connectivity index (χ4n) is 2.02. The lowest BCUT2D eigenvalue weighted by Gasteiger charge is -2.06. The molecule has 2 aromatic heterocycles. The number of carbonyl (C=O) groups excluding carboxylic acids is 1. The number of aromatic nitrogens is 3. The van der Waals surface area contributed by atoms with Crippen molar-refractivity contribution in [3.63, 3.8) is 0 Å². The summed E-state index contributed by atoms with van der Waals surface area (Å²) >= 11 is 0. The van der Waals surface area contributed by atoms with Gasteiger partial charge in [-0.2, -0.15) is 5.10 Å². The van der Waals surface area contributed by atoms with E-state index in [1.54, 1.807) is 22.8 Å². The van der Waals surface area contributed by atoms with Crippen LogP contribution < -0.4 is 5.32 Å². The zero-order chi connectivity index (χ0) is 14.1. The van der Waals surface area contributed by atoms with Crippen molar-refractivity contribution in [2.45, 2.75) is 13.8 Å². The van der Waals surface area contributed by atoms with Crippen molar-refractivity contribution in [2.24, 2.45) is 0 Å². The van der Waals surface area contributed by atoms with E-state index in [-0.39, 0.29) is 5.91 Å². The first kappa shape index (κ1) is 12.3. The van der Waals surface area contributed by atoms with E-state index in [1.807, 2.05) is 38.1 Å². The van der Waals surface area contributed by atoms with Gasteiger partial charge in [0.1, 0.15) is 5.69 Å². The molecule has 1 aromatic carbocycles. The first-order chi connectivity index (χ1) is 9.63. The Balaban J connectivity index is 1.90. The number of fused-ring (bicyclic) bond motifs is 1. The van der Waals surface area contributed by atoms with Crippen LogP contribution in [0.15, 0.2) is 42.6 Å². The Bertz CT molecular complexity index is 774. The zero-order valence-electron chi connectivity index (χ0n) is 11.3. The minimum Gasteiger partial charge on any atom is -0.321 e. The first-order valence-corrected chi connectivity index (χ1v) is 6.33. The van der Waals surface area contributed by atoms with E-state index in [1.165, 1.54) is 0 Å². The second-order valence-electron chi connectivity index (χ2n) is 4.70. The van der Waals surface area contributed by atoms with Gasteiger partial charge < -0.3 is 5.32 Å². The molecule has 0 fully saturated rings. The van der Waals surface area contributed by atoms with Crippen LogP contribution in [0.1, 0.15) is 21.7 Å². The number of carbonyl (C=O) groups is 1. The lowest BCUT2D eigenvalue weighted by molar-refractivity contribution is 0.102. The third-order valence-electron chi connectivity index (χ3n) is 3.08. The maximum absolute atomic E-state index is 12.2. The molecule has 100 valence electrons. The molecule has 0 unspecified atom stereocenters. The van der Waals surface area contributed by atoms with Gasteiger partial charge in [-0.05, 0) is 32.0 Å². The van der Waals surface area contributed by atoms with Crippen LogP contribution >= 0.6 is 0 Å². The lowest BCUT2D eigenvalue weighted by Crippen LogP contribution is -2.15. The molecule has 1 N–H and O–H groups in total. The molecule has 5 nitrogen and oxygen atoms in total. The monoisotopic (exact) mass is 266 g/mol. The molecule has 5 heteroatoms. The molecule has 2 heterocycles. The van der Waals surface area contributed by atoms with Gasteiger partial charge in [0.2, 0.25) is 0 Å². The van der Waals surface area contributed by atoms with Gasteiger partial charge in [0.15, 0.2) is 5.65 Å². The average molecular weight is 266 g/mol. The second-order valence-corrected chi connectivity index (χ2v) is 4.70. The highest BCUT2D eigenvalue weighted by atomic mass is 16.1. The van der Waals surface area contributed by atoms with Crippen molar-refractivity contribution < 1.29 is 4.79 Å². The molecular weight excluding hydrogens is 252 g/mol. The molecule has 20 heavy (non-hydrogen) atoms. The maximum Gasteiger partial charge on any atom is 0.274 e. The van der Waals surface area contributed by atoms with Crippen molar-refractivity contribution in [3.05, 3.63) is 59.5 Å². The average Bonchev–Trinajstić information content (AvgIpc) is 2.90. The Morgan fingerprint density at radius 1 is 1.15 bits per heavy atom. The highest BCUT2D eigenvalue weighted by Gasteiger charge is 2.11. The third kappa shape index (κ3) is 2.25. The normalized spacial score (nSPS) is 10.7. The zero-order valence-corrected chi connectivity index (χ0v) is 11.3. The van der Waals surface area contributed by atoms with Gasteiger partial charge in [-0.25, -0.2) is 9.50 Å². The lowest BCUT2D eigenvalue weighted by atomic mass is 10.2. The molecule has 0 saturated heterocycles. The Hall–Kier alpha value is -2.69. The Kier molecular flexibility index (Phi) is 2.95. The van der Waals surface area contributed by atoms with Gasteiger partial charge in [-0.15, -0.1) is 0 Å². The summed E-state index contributed by atoms with van der Waals surface area (Å²) in [5.41, 5.74) is 3.83. The quantitative estimate of drug-likeness (QED) is 0.775. The molecule has 0 radical (unpaired) electrons. The predicted octanol–water partition coefficient (Wildman–Crippen LogP) is 2.60. The van der Waals surface area contributed by atoms with Crippen LogP contribution in [0.4, 0.5) is 5.69 Å². The van der Waals surface area contributed by atoms with Crippen molar-refractivity contribution in [3.8, 4) is 0 Å². The number of rotatable bonds is 2. The summed E-state index contributed by atoms with van der Waals surface area (Å²) in [7, 11) is 0. The molecule has 0 bridgehead atoms. The molecule has 0 saturated carbocycles. The van der Waals surface area contributed by atoms with Crippen molar-refractivity contribution >= 4 is 17.2 Å². The molecule has 3 rings (SSSR count). The topological polar surface area (TPSA) is 59.3 Å². The second kappa shape index (κ2) is 4.77. The van der Waals surface area contributed by atoms with Crippen molar-refractivity contribution in [1.29, 1.82) is 0 Å². The van der Waals surface area contributed by atoms with Crippen LogP contribution in [0.3, 0.4) is 0 Å². The Labute approximate surface area is 116 Å². The van der Waals surface area contributed by atoms with Crippen LogP contribution in [-0.2, 0) is 0 Å². The van der Waals surface area contributed by atoms with Crippen LogP contribution in [0.2, 0.25) is 0 Å². The van der Waals surface area contributed by atoms with E-state index in [2.05, 4.69) is 15.4 Å². The van der Waals surface area contributed by atoms with E-state index < -0.39 is 0 Å². The van der Waals surface area contributed by atoms with Gasteiger partial charge in [0.05, 0.1) is 6.20 Å². The van der Waals surface area contributed by atoms with E-state index in [0.29, 0.717) is 11.3 Å². The summed E-state index contributed by atoms with van der Waals surface area (Å²) < 4.78 is 1.70. The number of nitrogens with zero attached hydrogens (tertiary/aromatic N) is 3. The smallest absolute Gasteiger partial charge is 0.274 e. The number of anilines is 1. The molecule has 0 spiro atoms. The number of benzene rings is 1. The third-order valence-corrected chi connectivity index (χ3v) is 3.08. The van der Waals surface area contributed by atoms with Crippen molar-refractivity contribution in [1.82, 2.24) is 14.6 Å². The number of nitrogens with one attached hydrogen (secondary N) is 1. The van der Waals surface area contributed by atoms with Gasteiger partial charge in [-0.3, -0.25) is 4.79 Å². The summed E-state index contributed by atoms with van der Waals surface area (Å²) in [5, 5.41) is 6.97. The number of hydrogen-bond acceptors (Lipinski definition) is 3. The summed E-state index contributed by atoms with van der Waals surface area (Å²) in [4.78, 5) is 16.5. The van der Waals surface area contributed by atoms with E-state index >= 15 is 0 Å². The maximum atomic E-state index is 12.2. The first-order valence-electron chi connectivity index (χ1n) is 6.33. The van der Waals surface area contributed by atoms with Crippen molar-refractivity contribution in [2.75, 3.05) is 5.32 Å². The molecule has 0 aliphatic heterocycles. The van der Waals surface area contributed by atoms with E-state index in [4.69, 9.17) is 0 Å². The van der Waals surface area contributed by atoms with Crippen LogP contribution in [-0.4, -0.2) is 20.5 Å². The van der Waals surface area contributed by atoms with E-state index in [9.17, 15) is 4.79 Å². The van der Waals surface area contributed by atoms with E-state index in [0.717, 1.165) is 16.9 Å². The van der Waals surface area contributed by atoms with Gasteiger partial charge in [0, 0.05) is 17.4 Å². The summed E-state index contributed by atoms with van der Waals surface area (Å²) in [6, 6.07) is 11.1. The fraction of sp³-hybridized carbons (Fsp3) is 0.133. The summed E-state index contributed by atoms with van der Waals surface area (Å²) in [6.07, 6.45) is 1.66. The van der Waals surface area contributed by atoms with Gasteiger partial charge in [0.25, 0.3) is 5.91 Å². The van der Waals surface area contributed by atoms with Crippen LogP contribution in [0, 0.1) is 13.8 Å². The van der Waals surface area contributed by atoms with Gasteiger partial charge in [-0.1, -0.05) is 17.7 Å². The molecular formula is C15H14N4O. The highest BCUT2D eigenvalue weighted by Crippen LogP contribution is 2.12. The minimum atomic E-state index is -0.222. The summed E-state index contributed by atoms with van der Waals surface area (Å²) in [5.74, 6) is -0.222. The van der Waals surface area contributed by atoms with Gasteiger partial charge >= 0.3 is 0 Å². The number of aryl methyl sites for hydroxylation is 2. The molecule has 0 aliphatic carbocycles. The fourth-order valence-corrected chi connectivity index (χ4v) is 2.02.